The zero-order valence-electron chi connectivity index (χ0n) is 12.2. The van der Waals surface area contributed by atoms with Crippen LogP contribution in [0.15, 0.2) is 36.9 Å². The van der Waals surface area contributed by atoms with Crippen molar-refractivity contribution in [3.8, 4) is 17.5 Å². The average molecular weight is 277 g/mol. The van der Waals surface area contributed by atoms with E-state index >= 15 is 0 Å². The summed E-state index contributed by atoms with van der Waals surface area (Å²) in [5, 5.41) is 9.05. The van der Waals surface area contributed by atoms with Crippen molar-refractivity contribution < 1.29 is 0 Å². The first-order valence-corrected chi connectivity index (χ1v) is 6.69. The molecule has 5 nitrogen and oxygen atoms in total. The monoisotopic (exact) mass is 277 g/mol. The third-order valence-electron chi connectivity index (χ3n) is 3.27. The van der Waals surface area contributed by atoms with Gasteiger partial charge in [-0.3, -0.25) is 0 Å². The molecule has 0 amide bonds. The van der Waals surface area contributed by atoms with Crippen LogP contribution in [0.5, 0.6) is 0 Å². The Kier molecular flexibility index (Phi) is 2.95. The van der Waals surface area contributed by atoms with Crippen LogP contribution in [0, 0.1) is 11.3 Å². The molecule has 21 heavy (non-hydrogen) atoms. The van der Waals surface area contributed by atoms with Gasteiger partial charge in [0.2, 0.25) is 0 Å². The molecule has 3 aromatic rings. The van der Waals surface area contributed by atoms with Crippen molar-refractivity contribution in [3.63, 3.8) is 0 Å². The quantitative estimate of drug-likeness (QED) is 0.685. The molecule has 0 radical (unpaired) electrons. The highest BCUT2D eigenvalue weighted by atomic mass is 15.1. The molecule has 0 aliphatic rings. The summed E-state index contributed by atoms with van der Waals surface area (Å²) in [6.07, 6.45) is 5.00. The summed E-state index contributed by atoms with van der Waals surface area (Å²) in [4.78, 5) is 12.8. The molecule has 2 heterocycles. The van der Waals surface area contributed by atoms with Gasteiger partial charge in [-0.25, -0.2) is 15.0 Å². The molecule has 0 aliphatic carbocycles. The van der Waals surface area contributed by atoms with Crippen molar-refractivity contribution in [2.24, 2.45) is 0 Å². The molecular formula is C16H15N5. The van der Waals surface area contributed by atoms with E-state index in [9.17, 15) is 0 Å². The Bertz CT molecular complexity index is 835. The van der Waals surface area contributed by atoms with Crippen LogP contribution in [-0.2, 0) is 5.54 Å². The maximum Gasteiger partial charge on any atom is 0.144 e. The van der Waals surface area contributed by atoms with E-state index in [-0.39, 0.29) is 5.54 Å². The summed E-state index contributed by atoms with van der Waals surface area (Å²) in [5.41, 5.74) is 3.14. The summed E-state index contributed by atoms with van der Waals surface area (Å²) in [6.45, 7) is 6.37. The summed E-state index contributed by atoms with van der Waals surface area (Å²) in [6, 6.07) is 7.72. The average Bonchev–Trinajstić information content (AvgIpc) is 2.86. The lowest BCUT2D eigenvalue weighted by Gasteiger charge is -2.24. The van der Waals surface area contributed by atoms with E-state index in [2.05, 4.69) is 46.4 Å². The lowest BCUT2D eigenvalue weighted by Crippen LogP contribution is -2.22. The minimum absolute atomic E-state index is 0.145. The molecule has 0 atom stereocenters. The van der Waals surface area contributed by atoms with Crippen molar-refractivity contribution >= 4 is 11.0 Å². The van der Waals surface area contributed by atoms with Crippen molar-refractivity contribution in [1.82, 2.24) is 19.5 Å². The second kappa shape index (κ2) is 4.67. The maximum absolute atomic E-state index is 9.05. The van der Waals surface area contributed by atoms with Crippen molar-refractivity contribution in [2.45, 2.75) is 26.3 Å². The third kappa shape index (κ3) is 2.25. The van der Waals surface area contributed by atoms with E-state index in [1.54, 1.807) is 12.4 Å². The van der Waals surface area contributed by atoms with Crippen LogP contribution in [-0.4, -0.2) is 19.5 Å². The molecule has 0 saturated heterocycles. The van der Waals surface area contributed by atoms with Crippen LogP contribution in [0.3, 0.4) is 0 Å². The summed E-state index contributed by atoms with van der Waals surface area (Å²) in [5.74, 6) is 0.813. The Labute approximate surface area is 122 Å². The fraction of sp³-hybridized carbons (Fsp3) is 0.250. The highest BCUT2D eigenvalue weighted by Gasteiger charge is 2.22. The Morgan fingerprint density at radius 1 is 1.14 bits per heavy atom. The smallest absolute Gasteiger partial charge is 0.144 e. The van der Waals surface area contributed by atoms with Gasteiger partial charge in [0.25, 0.3) is 0 Å². The van der Waals surface area contributed by atoms with Crippen LogP contribution >= 0.6 is 0 Å². The number of benzene rings is 1. The predicted molar refractivity (Wildman–Crippen MR) is 80.5 cm³/mol. The molecule has 104 valence electrons. The Morgan fingerprint density at radius 3 is 2.48 bits per heavy atom. The lowest BCUT2D eigenvalue weighted by molar-refractivity contribution is 0.413. The number of rotatable bonds is 1. The van der Waals surface area contributed by atoms with E-state index < -0.39 is 0 Å². The van der Waals surface area contributed by atoms with Crippen molar-refractivity contribution in [3.05, 3.63) is 42.5 Å². The normalized spacial score (nSPS) is 11.5. The van der Waals surface area contributed by atoms with Crippen LogP contribution in [0.4, 0.5) is 0 Å². The first-order valence-electron chi connectivity index (χ1n) is 6.69. The first kappa shape index (κ1) is 13.3. The number of hydrogen-bond donors (Lipinski definition) is 0. The van der Waals surface area contributed by atoms with Crippen molar-refractivity contribution in [2.75, 3.05) is 0 Å². The van der Waals surface area contributed by atoms with Crippen LogP contribution in [0.2, 0.25) is 0 Å². The van der Waals surface area contributed by atoms with E-state index in [1.807, 2.05) is 18.2 Å². The number of nitriles is 1. The largest absolute Gasteiger partial charge is 0.318 e. The number of fused-ring (bicyclic) bond motifs is 1. The molecule has 0 saturated carbocycles. The van der Waals surface area contributed by atoms with Gasteiger partial charge >= 0.3 is 0 Å². The molecule has 1 aromatic carbocycles. The van der Waals surface area contributed by atoms with Gasteiger partial charge in [-0.1, -0.05) is 0 Å². The van der Waals surface area contributed by atoms with Gasteiger partial charge in [-0.05, 0) is 39.0 Å². The van der Waals surface area contributed by atoms with E-state index in [4.69, 9.17) is 5.26 Å². The molecule has 3 rings (SSSR count). The predicted octanol–water partition coefficient (Wildman–Crippen LogP) is 3.12. The fourth-order valence-corrected chi connectivity index (χ4v) is 2.44. The molecule has 5 heteroatoms. The zero-order valence-corrected chi connectivity index (χ0v) is 12.2. The van der Waals surface area contributed by atoms with E-state index in [1.165, 1.54) is 6.33 Å². The second-order valence-corrected chi connectivity index (χ2v) is 5.88. The maximum atomic E-state index is 9.05. The van der Waals surface area contributed by atoms with Gasteiger partial charge in [0.15, 0.2) is 0 Å². The molecular weight excluding hydrogens is 262 g/mol. The summed E-state index contributed by atoms with van der Waals surface area (Å²) < 4.78 is 2.15. The lowest BCUT2D eigenvalue weighted by atomic mass is 10.1. The van der Waals surface area contributed by atoms with Gasteiger partial charge in [0, 0.05) is 17.9 Å². The zero-order chi connectivity index (χ0) is 15.0. The number of nitrogens with zero attached hydrogens (tertiary/aromatic N) is 5. The molecule has 0 spiro atoms. The minimum Gasteiger partial charge on any atom is -0.318 e. The Balaban J connectivity index is 2.36. The third-order valence-corrected chi connectivity index (χ3v) is 3.27. The molecule has 0 unspecified atom stereocenters. The van der Waals surface area contributed by atoms with Gasteiger partial charge < -0.3 is 4.57 Å². The van der Waals surface area contributed by atoms with Crippen LogP contribution < -0.4 is 0 Å². The number of hydrogen-bond acceptors (Lipinski definition) is 4. The van der Waals surface area contributed by atoms with Gasteiger partial charge in [-0.15, -0.1) is 0 Å². The van der Waals surface area contributed by atoms with Gasteiger partial charge in [-0.2, -0.15) is 5.26 Å². The van der Waals surface area contributed by atoms with Crippen molar-refractivity contribution in [1.29, 1.82) is 5.26 Å². The first-order chi connectivity index (χ1) is 10.0. The minimum atomic E-state index is -0.145. The Hall–Kier alpha value is -2.74. The molecule has 0 aliphatic heterocycles. The summed E-state index contributed by atoms with van der Waals surface area (Å²) >= 11 is 0. The SMILES string of the molecule is CC(C)(C)n1c(-c2cncnc2)nc2cc(C#N)ccc21. The number of aromatic nitrogens is 4. The second-order valence-electron chi connectivity index (χ2n) is 5.88. The molecule has 0 N–H and O–H groups in total. The fourth-order valence-electron chi connectivity index (χ4n) is 2.44. The molecule has 0 fully saturated rings. The molecule has 2 aromatic heterocycles. The highest BCUT2D eigenvalue weighted by molar-refractivity contribution is 5.82. The topological polar surface area (TPSA) is 67.4 Å². The van der Waals surface area contributed by atoms with Gasteiger partial charge in [0.05, 0.1) is 28.2 Å². The highest BCUT2D eigenvalue weighted by Crippen LogP contribution is 2.30. The van der Waals surface area contributed by atoms with Crippen LogP contribution in [0.1, 0.15) is 26.3 Å². The Morgan fingerprint density at radius 2 is 1.86 bits per heavy atom. The van der Waals surface area contributed by atoms with Crippen LogP contribution in [0.25, 0.3) is 22.4 Å². The summed E-state index contributed by atoms with van der Waals surface area (Å²) in [7, 11) is 0. The van der Waals surface area contributed by atoms with E-state index in [0.717, 1.165) is 22.4 Å². The molecule has 0 bridgehead atoms. The van der Waals surface area contributed by atoms with Gasteiger partial charge in [0.1, 0.15) is 12.2 Å². The standard InChI is InChI=1S/C16H15N5/c1-16(2,3)21-14-5-4-11(7-17)6-13(14)20-15(21)12-8-18-10-19-9-12/h4-6,8-10H,1-3H3. The van der Waals surface area contributed by atoms with E-state index in [0.29, 0.717) is 5.56 Å². The number of imidazole rings is 1.